The minimum Gasteiger partial charge on any atom is -0.412 e. The number of hydrogen-bond acceptors (Lipinski definition) is 2. The smallest absolute Gasteiger partial charge is 0.412 e. The molecular formula is C6H4F6O2. The molecule has 0 aromatic heterocycles. The van der Waals surface area contributed by atoms with E-state index in [9.17, 15) is 31.1 Å². The van der Waals surface area contributed by atoms with Gasteiger partial charge in [0.15, 0.2) is 0 Å². The molecule has 8 heteroatoms. The summed E-state index contributed by atoms with van der Waals surface area (Å²) in [6, 6.07) is 0. The molecule has 82 valence electrons. The van der Waals surface area contributed by atoms with E-state index >= 15 is 0 Å². The number of halogens is 6. The minimum absolute atomic E-state index is 0.141. The maximum Gasteiger partial charge on any atom is 0.466 e. The molecule has 0 aliphatic rings. The summed E-state index contributed by atoms with van der Waals surface area (Å²) in [6.07, 6.45) is -10.4. The molecule has 0 fully saturated rings. The van der Waals surface area contributed by atoms with E-state index in [1.165, 1.54) is 0 Å². The Hall–Kier alpha value is -1.21. The molecule has 0 bridgehead atoms. The van der Waals surface area contributed by atoms with Crippen LogP contribution in [-0.4, -0.2) is 24.4 Å². The molecule has 1 unspecified atom stereocenters. The number of hydrogen-bond donors (Lipinski definition) is 0. The highest BCUT2D eigenvalue weighted by atomic mass is 19.4. The first kappa shape index (κ1) is 12.8. The standard InChI is InChI=1S/C6H4F6O2/c1-2-3(13)14-5(9,4(7)8)6(10,11)12/h2,4H,1H2. The van der Waals surface area contributed by atoms with Crippen LogP contribution in [0.4, 0.5) is 26.3 Å². The maximum absolute atomic E-state index is 12.5. The van der Waals surface area contributed by atoms with Gasteiger partial charge in [0.05, 0.1) is 0 Å². The highest BCUT2D eigenvalue weighted by Crippen LogP contribution is 2.39. The lowest BCUT2D eigenvalue weighted by Gasteiger charge is -2.25. The fourth-order valence-electron chi connectivity index (χ4n) is 0.414. The molecule has 0 spiro atoms. The first-order chi connectivity index (χ1) is 6.15. The Morgan fingerprint density at radius 2 is 1.71 bits per heavy atom. The van der Waals surface area contributed by atoms with Gasteiger partial charge in [-0.3, -0.25) is 0 Å². The average molecular weight is 222 g/mol. The zero-order valence-electron chi connectivity index (χ0n) is 6.45. The van der Waals surface area contributed by atoms with Crippen molar-refractivity contribution in [3.05, 3.63) is 12.7 Å². The van der Waals surface area contributed by atoms with Crippen molar-refractivity contribution in [3.8, 4) is 0 Å². The molecule has 0 amide bonds. The van der Waals surface area contributed by atoms with Crippen molar-refractivity contribution in [2.45, 2.75) is 18.5 Å². The summed E-state index contributed by atoms with van der Waals surface area (Å²) in [5.41, 5.74) is 0. The lowest BCUT2D eigenvalue weighted by Crippen LogP contribution is -2.50. The van der Waals surface area contributed by atoms with Crippen LogP contribution < -0.4 is 0 Å². The van der Waals surface area contributed by atoms with Crippen LogP contribution in [0.2, 0.25) is 0 Å². The quantitative estimate of drug-likeness (QED) is 0.415. The van der Waals surface area contributed by atoms with Gasteiger partial charge in [0, 0.05) is 6.08 Å². The Labute approximate surface area is 74.1 Å². The molecule has 0 aliphatic carbocycles. The molecule has 0 heterocycles. The molecule has 0 saturated heterocycles. The number of carbonyl (C=O) groups is 1. The zero-order valence-corrected chi connectivity index (χ0v) is 6.45. The van der Waals surface area contributed by atoms with Gasteiger partial charge in [-0.25, -0.2) is 13.6 Å². The first-order valence-corrected chi connectivity index (χ1v) is 3.04. The lowest BCUT2D eigenvalue weighted by molar-refractivity contribution is -0.354. The number of rotatable bonds is 3. The van der Waals surface area contributed by atoms with Gasteiger partial charge in [-0.15, -0.1) is 0 Å². The average Bonchev–Trinajstić information content (AvgIpc) is 2.01. The van der Waals surface area contributed by atoms with Crippen LogP contribution in [0.1, 0.15) is 0 Å². The monoisotopic (exact) mass is 222 g/mol. The molecule has 0 radical (unpaired) electrons. The van der Waals surface area contributed by atoms with Crippen LogP contribution in [0.25, 0.3) is 0 Å². The molecule has 2 nitrogen and oxygen atoms in total. The molecular weight excluding hydrogens is 218 g/mol. The van der Waals surface area contributed by atoms with Crippen molar-refractivity contribution in [2.24, 2.45) is 0 Å². The van der Waals surface area contributed by atoms with E-state index in [1.54, 1.807) is 0 Å². The number of ether oxygens (including phenoxy) is 1. The van der Waals surface area contributed by atoms with Crippen LogP contribution in [-0.2, 0) is 9.53 Å². The summed E-state index contributed by atoms with van der Waals surface area (Å²) in [5.74, 6) is -7.22. The van der Waals surface area contributed by atoms with E-state index in [0.717, 1.165) is 0 Å². The van der Waals surface area contributed by atoms with Crippen molar-refractivity contribution < 1.29 is 35.9 Å². The van der Waals surface area contributed by atoms with Gasteiger partial charge in [-0.05, 0) is 0 Å². The number of carbonyl (C=O) groups excluding carboxylic acids is 1. The molecule has 0 aromatic carbocycles. The fourth-order valence-corrected chi connectivity index (χ4v) is 0.414. The third-order valence-corrected chi connectivity index (χ3v) is 1.08. The second-order valence-electron chi connectivity index (χ2n) is 2.07. The van der Waals surface area contributed by atoms with E-state index in [2.05, 4.69) is 11.3 Å². The maximum atomic E-state index is 12.5. The summed E-state index contributed by atoms with van der Waals surface area (Å²) in [5, 5.41) is 0. The summed E-state index contributed by atoms with van der Waals surface area (Å²) in [4.78, 5) is 10.2. The van der Waals surface area contributed by atoms with E-state index in [1.807, 2.05) is 0 Å². The normalized spacial score (nSPS) is 16.2. The summed E-state index contributed by atoms with van der Waals surface area (Å²) < 4.78 is 73.8. The van der Waals surface area contributed by atoms with Gasteiger partial charge in [-0.2, -0.15) is 17.6 Å². The highest BCUT2D eigenvalue weighted by molar-refractivity contribution is 5.81. The summed E-state index contributed by atoms with van der Waals surface area (Å²) in [7, 11) is 0. The van der Waals surface area contributed by atoms with E-state index < -0.39 is 24.4 Å². The second kappa shape index (κ2) is 3.89. The van der Waals surface area contributed by atoms with Gasteiger partial charge in [-0.1, -0.05) is 6.58 Å². The zero-order chi connectivity index (χ0) is 11.6. The molecule has 1 atom stereocenters. The SMILES string of the molecule is C=CC(=O)OC(F)(C(F)F)C(F)(F)F. The van der Waals surface area contributed by atoms with Crippen molar-refractivity contribution in [2.75, 3.05) is 0 Å². The lowest BCUT2D eigenvalue weighted by atomic mass is 10.3. The van der Waals surface area contributed by atoms with Crippen molar-refractivity contribution in [3.63, 3.8) is 0 Å². The highest BCUT2D eigenvalue weighted by Gasteiger charge is 2.66. The predicted octanol–water partition coefficient (Wildman–Crippen LogP) is 2.21. The molecule has 0 rings (SSSR count). The number of esters is 1. The van der Waals surface area contributed by atoms with Crippen molar-refractivity contribution in [1.29, 1.82) is 0 Å². The topological polar surface area (TPSA) is 26.3 Å². The molecule has 0 aliphatic heterocycles. The van der Waals surface area contributed by atoms with Crippen molar-refractivity contribution in [1.82, 2.24) is 0 Å². The predicted molar refractivity (Wildman–Crippen MR) is 32.2 cm³/mol. The van der Waals surface area contributed by atoms with Crippen LogP contribution in [0.15, 0.2) is 12.7 Å². The Kier molecular flexibility index (Phi) is 3.55. The van der Waals surface area contributed by atoms with Gasteiger partial charge >= 0.3 is 24.4 Å². The largest absolute Gasteiger partial charge is 0.466 e. The Morgan fingerprint density at radius 1 is 1.29 bits per heavy atom. The van der Waals surface area contributed by atoms with E-state index in [-0.39, 0.29) is 6.08 Å². The van der Waals surface area contributed by atoms with Gasteiger partial charge in [0.1, 0.15) is 0 Å². The van der Waals surface area contributed by atoms with Gasteiger partial charge in [0.2, 0.25) is 0 Å². The second-order valence-corrected chi connectivity index (χ2v) is 2.07. The fraction of sp³-hybridized carbons (Fsp3) is 0.500. The number of alkyl halides is 6. The van der Waals surface area contributed by atoms with Gasteiger partial charge in [0.25, 0.3) is 0 Å². The Morgan fingerprint density at radius 3 is 1.93 bits per heavy atom. The summed E-state index contributed by atoms with van der Waals surface area (Å²) >= 11 is 0. The van der Waals surface area contributed by atoms with E-state index in [0.29, 0.717) is 0 Å². The summed E-state index contributed by atoms with van der Waals surface area (Å²) in [6.45, 7) is 2.63. The molecule has 0 saturated carbocycles. The van der Waals surface area contributed by atoms with Crippen molar-refractivity contribution >= 4 is 5.97 Å². The molecule has 0 aromatic rings. The Balaban J connectivity index is 4.92. The third-order valence-electron chi connectivity index (χ3n) is 1.08. The van der Waals surface area contributed by atoms with Crippen LogP contribution in [0.5, 0.6) is 0 Å². The van der Waals surface area contributed by atoms with E-state index in [4.69, 9.17) is 0 Å². The first-order valence-electron chi connectivity index (χ1n) is 3.04. The molecule has 0 N–H and O–H groups in total. The minimum atomic E-state index is -6.00. The van der Waals surface area contributed by atoms with Gasteiger partial charge < -0.3 is 4.74 Å². The Bertz CT molecular complexity index is 235. The molecule has 14 heavy (non-hydrogen) atoms. The van der Waals surface area contributed by atoms with Crippen LogP contribution in [0.3, 0.4) is 0 Å². The van der Waals surface area contributed by atoms with Crippen LogP contribution in [0, 0.1) is 0 Å². The van der Waals surface area contributed by atoms with Crippen LogP contribution >= 0.6 is 0 Å². The third kappa shape index (κ3) is 2.39.